The molecule has 0 atom stereocenters. The van der Waals surface area contributed by atoms with E-state index in [1.54, 1.807) is 6.07 Å². The summed E-state index contributed by atoms with van der Waals surface area (Å²) in [5.74, 6) is -0.226. The maximum Gasteiger partial charge on any atom is 0.388 e. The fourth-order valence-corrected chi connectivity index (χ4v) is 0.887. The third-order valence-electron chi connectivity index (χ3n) is 1.45. The Labute approximate surface area is 84.8 Å². The number of guanidine groups is 1. The van der Waals surface area contributed by atoms with Gasteiger partial charge >= 0.3 is 6.61 Å². The molecule has 0 radical (unpaired) electrons. The van der Waals surface area contributed by atoms with Crippen molar-refractivity contribution in [3.8, 4) is 5.88 Å². The van der Waals surface area contributed by atoms with Gasteiger partial charge in [-0.1, -0.05) is 0 Å². The molecule has 0 amide bonds. The average Bonchev–Trinajstić information content (AvgIpc) is 2.14. The lowest BCUT2D eigenvalue weighted by Crippen LogP contribution is -2.22. The number of ether oxygens (including phenoxy) is 1. The van der Waals surface area contributed by atoms with Crippen LogP contribution < -0.4 is 16.2 Å². The third kappa shape index (κ3) is 4.21. The molecule has 1 rings (SSSR count). The van der Waals surface area contributed by atoms with Crippen LogP contribution in [0.3, 0.4) is 0 Å². The van der Waals surface area contributed by atoms with E-state index in [0.717, 1.165) is 0 Å². The molecule has 0 bridgehead atoms. The van der Waals surface area contributed by atoms with Crippen molar-refractivity contribution in [2.24, 2.45) is 16.5 Å². The molecule has 0 aromatic carbocycles. The van der Waals surface area contributed by atoms with Crippen LogP contribution in [0.4, 0.5) is 8.78 Å². The van der Waals surface area contributed by atoms with Crippen LogP contribution in [-0.2, 0) is 6.54 Å². The van der Waals surface area contributed by atoms with Gasteiger partial charge in [-0.15, -0.1) is 0 Å². The molecule has 0 unspecified atom stereocenters. The minimum absolute atomic E-state index is 0.0665. The Kier molecular flexibility index (Phi) is 3.78. The summed E-state index contributed by atoms with van der Waals surface area (Å²) < 4.78 is 27.8. The number of pyridine rings is 1. The first-order valence-electron chi connectivity index (χ1n) is 4.03. The summed E-state index contributed by atoms with van der Waals surface area (Å²) in [4.78, 5) is 7.31. The quantitative estimate of drug-likeness (QED) is 0.565. The highest BCUT2D eigenvalue weighted by Crippen LogP contribution is 2.12. The number of hydrogen-bond donors (Lipinski definition) is 2. The largest absolute Gasteiger partial charge is 0.417 e. The molecule has 0 saturated heterocycles. The minimum Gasteiger partial charge on any atom is -0.417 e. The molecule has 1 aromatic heterocycles. The SMILES string of the molecule is NC(N)=NCc1ccnc(OC(F)F)c1. The zero-order chi connectivity index (χ0) is 11.3. The van der Waals surface area contributed by atoms with Crippen LogP contribution in [0.2, 0.25) is 0 Å². The molecule has 0 fully saturated rings. The van der Waals surface area contributed by atoms with Crippen LogP contribution in [0.5, 0.6) is 5.88 Å². The van der Waals surface area contributed by atoms with E-state index in [1.807, 2.05) is 0 Å². The second-order valence-corrected chi connectivity index (χ2v) is 2.62. The van der Waals surface area contributed by atoms with Crippen molar-refractivity contribution in [2.75, 3.05) is 0 Å². The standard InChI is InChI=1S/C8H10F2N4O/c9-7(10)15-6-3-5(1-2-13-6)4-14-8(11)12/h1-3,7H,4H2,(H4,11,12,14). The lowest BCUT2D eigenvalue weighted by atomic mass is 10.3. The van der Waals surface area contributed by atoms with Crippen molar-refractivity contribution >= 4 is 5.96 Å². The smallest absolute Gasteiger partial charge is 0.388 e. The number of alkyl halides is 2. The van der Waals surface area contributed by atoms with Crippen LogP contribution in [0.25, 0.3) is 0 Å². The van der Waals surface area contributed by atoms with Gasteiger partial charge in [0.05, 0.1) is 6.54 Å². The van der Waals surface area contributed by atoms with Crippen LogP contribution in [0, 0.1) is 0 Å². The van der Waals surface area contributed by atoms with Gasteiger partial charge in [0.15, 0.2) is 5.96 Å². The van der Waals surface area contributed by atoms with Gasteiger partial charge in [-0.3, -0.25) is 0 Å². The molecule has 15 heavy (non-hydrogen) atoms. The fourth-order valence-electron chi connectivity index (χ4n) is 0.887. The number of rotatable bonds is 4. The molecule has 4 N–H and O–H groups in total. The van der Waals surface area contributed by atoms with E-state index >= 15 is 0 Å². The highest BCUT2D eigenvalue weighted by molar-refractivity contribution is 5.75. The van der Waals surface area contributed by atoms with Gasteiger partial charge in [0.1, 0.15) is 0 Å². The van der Waals surface area contributed by atoms with E-state index in [0.29, 0.717) is 5.56 Å². The normalized spacial score (nSPS) is 10.1. The number of nitrogens with zero attached hydrogens (tertiary/aromatic N) is 2. The van der Waals surface area contributed by atoms with Crippen molar-refractivity contribution in [3.63, 3.8) is 0 Å². The van der Waals surface area contributed by atoms with Crippen molar-refractivity contribution < 1.29 is 13.5 Å². The van der Waals surface area contributed by atoms with Crippen LogP contribution in [0.15, 0.2) is 23.3 Å². The van der Waals surface area contributed by atoms with Gasteiger partial charge < -0.3 is 16.2 Å². The maximum absolute atomic E-state index is 11.8. The van der Waals surface area contributed by atoms with Crippen LogP contribution >= 0.6 is 0 Å². The number of halogens is 2. The Morgan fingerprint density at radius 2 is 2.27 bits per heavy atom. The predicted octanol–water partition coefficient (Wildman–Crippen LogP) is 0.456. The molecule has 1 aromatic rings. The van der Waals surface area contributed by atoms with Gasteiger partial charge in [0.2, 0.25) is 5.88 Å². The van der Waals surface area contributed by atoms with E-state index < -0.39 is 6.61 Å². The van der Waals surface area contributed by atoms with E-state index in [4.69, 9.17) is 11.5 Å². The Morgan fingerprint density at radius 3 is 2.87 bits per heavy atom. The molecular formula is C8H10F2N4O. The predicted molar refractivity (Wildman–Crippen MR) is 50.4 cm³/mol. The van der Waals surface area contributed by atoms with Gasteiger partial charge in [-0.05, 0) is 11.6 Å². The van der Waals surface area contributed by atoms with Crippen molar-refractivity contribution in [1.29, 1.82) is 0 Å². The van der Waals surface area contributed by atoms with Crippen molar-refractivity contribution in [1.82, 2.24) is 4.98 Å². The molecule has 1 heterocycles. The Bertz CT molecular complexity index is 352. The van der Waals surface area contributed by atoms with Gasteiger partial charge in [0.25, 0.3) is 0 Å². The molecule has 0 aliphatic carbocycles. The summed E-state index contributed by atoms with van der Waals surface area (Å²) in [5, 5.41) is 0. The Morgan fingerprint density at radius 1 is 1.53 bits per heavy atom. The van der Waals surface area contributed by atoms with Crippen molar-refractivity contribution in [3.05, 3.63) is 23.9 Å². The molecule has 82 valence electrons. The summed E-state index contributed by atoms with van der Waals surface area (Å²) in [5.41, 5.74) is 10.9. The highest BCUT2D eigenvalue weighted by Gasteiger charge is 2.05. The summed E-state index contributed by atoms with van der Waals surface area (Å²) in [6.07, 6.45) is 1.34. The first-order valence-corrected chi connectivity index (χ1v) is 4.03. The first-order chi connectivity index (χ1) is 7.08. The monoisotopic (exact) mass is 216 g/mol. The Balaban J connectivity index is 2.70. The van der Waals surface area contributed by atoms with Gasteiger partial charge in [-0.2, -0.15) is 8.78 Å². The zero-order valence-electron chi connectivity index (χ0n) is 7.73. The summed E-state index contributed by atoms with van der Waals surface area (Å²) in [7, 11) is 0. The van der Waals surface area contributed by atoms with Crippen LogP contribution in [0.1, 0.15) is 5.56 Å². The molecule has 0 aliphatic heterocycles. The lowest BCUT2D eigenvalue weighted by Gasteiger charge is -2.04. The molecule has 0 saturated carbocycles. The Hall–Kier alpha value is -1.92. The van der Waals surface area contributed by atoms with E-state index in [1.165, 1.54) is 12.3 Å². The number of nitrogens with two attached hydrogens (primary N) is 2. The molecule has 5 nitrogen and oxygen atoms in total. The van der Waals surface area contributed by atoms with Gasteiger partial charge in [0, 0.05) is 12.3 Å². The topological polar surface area (TPSA) is 86.5 Å². The maximum atomic E-state index is 11.8. The van der Waals surface area contributed by atoms with E-state index in [2.05, 4.69) is 14.7 Å². The average molecular weight is 216 g/mol. The number of aliphatic imine (C=N–C) groups is 1. The summed E-state index contributed by atoms with van der Waals surface area (Å²) in [6.45, 7) is -2.69. The fraction of sp³-hybridized carbons (Fsp3) is 0.250. The second kappa shape index (κ2) is 5.08. The van der Waals surface area contributed by atoms with E-state index in [9.17, 15) is 8.78 Å². The molecular weight excluding hydrogens is 206 g/mol. The summed E-state index contributed by atoms with van der Waals surface area (Å²) in [6, 6.07) is 2.95. The number of hydrogen-bond acceptors (Lipinski definition) is 3. The highest BCUT2D eigenvalue weighted by atomic mass is 19.3. The van der Waals surface area contributed by atoms with E-state index in [-0.39, 0.29) is 18.4 Å². The molecule has 0 spiro atoms. The third-order valence-corrected chi connectivity index (χ3v) is 1.45. The lowest BCUT2D eigenvalue weighted by molar-refractivity contribution is -0.0528. The zero-order valence-corrected chi connectivity index (χ0v) is 7.73. The molecule has 7 heteroatoms. The first kappa shape index (κ1) is 11.2. The van der Waals surface area contributed by atoms with Crippen molar-refractivity contribution in [2.45, 2.75) is 13.2 Å². The van der Waals surface area contributed by atoms with Crippen LogP contribution in [-0.4, -0.2) is 17.6 Å². The second-order valence-electron chi connectivity index (χ2n) is 2.62. The molecule has 0 aliphatic rings. The van der Waals surface area contributed by atoms with Gasteiger partial charge in [-0.25, -0.2) is 9.98 Å². The summed E-state index contributed by atoms with van der Waals surface area (Å²) >= 11 is 0. The number of aromatic nitrogens is 1. The minimum atomic E-state index is -2.89.